The van der Waals surface area contributed by atoms with Gasteiger partial charge in [0.1, 0.15) is 9.84 Å². The normalized spacial score (nSPS) is 25.6. The van der Waals surface area contributed by atoms with Crippen molar-refractivity contribution < 1.29 is 13.2 Å². The first-order chi connectivity index (χ1) is 8.98. The molecule has 4 nitrogen and oxygen atoms in total. The van der Waals surface area contributed by atoms with Crippen molar-refractivity contribution in [2.75, 3.05) is 24.7 Å². The molecule has 0 amide bonds. The van der Waals surface area contributed by atoms with Gasteiger partial charge in [0.15, 0.2) is 0 Å². The first-order valence-corrected chi connectivity index (χ1v) is 9.36. The Bertz CT molecular complexity index is 343. The summed E-state index contributed by atoms with van der Waals surface area (Å²) < 4.78 is 28.7. The van der Waals surface area contributed by atoms with E-state index in [0.717, 1.165) is 38.8 Å². The van der Waals surface area contributed by atoms with Crippen LogP contribution in [0.2, 0.25) is 0 Å². The van der Waals surface area contributed by atoms with Crippen molar-refractivity contribution in [3.8, 4) is 0 Å². The van der Waals surface area contributed by atoms with Crippen LogP contribution in [0.25, 0.3) is 0 Å². The van der Waals surface area contributed by atoms with Crippen molar-refractivity contribution in [3.63, 3.8) is 0 Å². The summed E-state index contributed by atoms with van der Waals surface area (Å²) in [7, 11) is -2.83. The quantitative estimate of drug-likeness (QED) is 0.706. The highest BCUT2D eigenvalue weighted by atomic mass is 32.2. The molecule has 1 saturated heterocycles. The molecule has 0 aromatic rings. The molecule has 0 aromatic carbocycles. The average Bonchev–Trinajstić information content (AvgIpc) is 2.80. The zero-order valence-electron chi connectivity index (χ0n) is 12.5. The molecule has 0 aromatic heterocycles. The van der Waals surface area contributed by atoms with E-state index in [4.69, 9.17) is 4.74 Å². The number of ether oxygens (including phenoxy) is 1. The van der Waals surface area contributed by atoms with Gasteiger partial charge in [0.25, 0.3) is 0 Å². The third-order valence-corrected chi connectivity index (χ3v) is 5.66. The highest BCUT2D eigenvalue weighted by molar-refractivity contribution is 7.91. The van der Waals surface area contributed by atoms with E-state index in [0.29, 0.717) is 23.8 Å². The maximum atomic E-state index is 11.5. The van der Waals surface area contributed by atoms with E-state index < -0.39 is 9.84 Å². The van der Waals surface area contributed by atoms with Gasteiger partial charge in [-0.25, -0.2) is 8.42 Å². The lowest BCUT2D eigenvalue weighted by Gasteiger charge is -2.23. The zero-order chi connectivity index (χ0) is 14.3. The van der Waals surface area contributed by atoms with Crippen LogP contribution in [-0.2, 0) is 14.6 Å². The lowest BCUT2D eigenvalue weighted by atomic mass is 9.93. The van der Waals surface area contributed by atoms with Gasteiger partial charge in [-0.15, -0.1) is 0 Å². The molecule has 0 aliphatic carbocycles. The lowest BCUT2D eigenvalue weighted by Crippen LogP contribution is -2.37. The molecule has 1 N–H and O–H groups in total. The molecule has 0 spiro atoms. The summed E-state index contributed by atoms with van der Waals surface area (Å²) in [5, 5.41) is 3.56. The average molecular weight is 291 g/mol. The molecule has 1 heterocycles. The van der Waals surface area contributed by atoms with Crippen molar-refractivity contribution >= 4 is 9.84 Å². The Balaban J connectivity index is 2.41. The Kier molecular flexibility index (Phi) is 7.32. The minimum atomic E-state index is -2.83. The van der Waals surface area contributed by atoms with Gasteiger partial charge >= 0.3 is 0 Å². The van der Waals surface area contributed by atoms with Gasteiger partial charge in [0.05, 0.1) is 18.5 Å². The third kappa shape index (κ3) is 6.23. The molecular formula is C14H29NO3S. The molecule has 3 unspecified atom stereocenters. The second-order valence-corrected chi connectivity index (χ2v) is 8.05. The van der Waals surface area contributed by atoms with Crippen LogP contribution in [0.3, 0.4) is 0 Å². The fourth-order valence-electron chi connectivity index (χ4n) is 2.63. The summed E-state index contributed by atoms with van der Waals surface area (Å²) >= 11 is 0. The Morgan fingerprint density at radius 1 is 1.37 bits per heavy atom. The first-order valence-electron chi connectivity index (χ1n) is 7.54. The van der Waals surface area contributed by atoms with E-state index in [-0.39, 0.29) is 5.75 Å². The highest BCUT2D eigenvalue weighted by Crippen LogP contribution is 2.24. The van der Waals surface area contributed by atoms with Crippen molar-refractivity contribution in [2.45, 2.75) is 58.6 Å². The van der Waals surface area contributed by atoms with E-state index in [1.54, 1.807) is 6.92 Å². The van der Waals surface area contributed by atoms with Crippen LogP contribution >= 0.6 is 0 Å². The van der Waals surface area contributed by atoms with Crippen LogP contribution in [0.5, 0.6) is 0 Å². The second-order valence-electron chi connectivity index (χ2n) is 5.58. The Morgan fingerprint density at radius 3 is 2.63 bits per heavy atom. The first kappa shape index (κ1) is 16.9. The van der Waals surface area contributed by atoms with Gasteiger partial charge < -0.3 is 10.1 Å². The topological polar surface area (TPSA) is 55.4 Å². The van der Waals surface area contributed by atoms with Crippen molar-refractivity contribution in [2.24, 2.45) is 5.92 Å². The molecule has 3 atom stereocenters. The predicted molar refractivity (Wildman–Crippen MR) is 79.2 cm³/mol. The van der Waals surface area contributed by atoms with E-state index >= 15 is 0 Å². The maximum Gasteiger partial charge on any atom is 0.150 e. The molecule has 19 heavy (non-hydrogen) atoms. The summed E-state index contributed by atoms with van der Waals surface area (Å²) in [5.41, 5.74) is 0. The van der Waals surface area contributed by atoms with Gasteiger partial charge in [-0.05, 0) is 39.2 Å². The lowest BCUT2D eigenvalue weighted by molar-refractivity contribution is 0.116. The maximum absolute atomic E-state index is 11.5. The third-order valence-electron chi connectivity index (χ3n) is 3.87. The Labute approximate surface area is 118 Å². The number of sulfone groups is 1. The largest absolute Gasteiger partial charge is 0.378 e. The van der Waals surface area contributed by atoms with Crippen LogP contribution < -0.4 is 5.32 Å². The summed E-state index contributed by atoms with van der Waals surface area (Å²) in [4.78, 5) is 0. The minimum absolute atomic E-state index is 0.254. The Hall–Kier alpha value is -0.130. The fraction of sp³-hybridized carbons (Fsp3) is 1.00. The SMILES string of the molecule is CCCNC(CCCS(=O)(=O)CC)C1COC(C)C1. The van der Waals surface area contributed by atoms with E-state index in [1.807, 2.05) is 0 Å². The van der Waals surface area contributed by atoms with Crippen molar-refractivity contribution in [1.82, 2.24) is 5.32 Å². The van der Waals surface area contributed by atoms with Crippen LogP contribution in [0.4, 0.5) is 0 Å². The van der Waals surface area contributed by atoms with Gasteiger partial charge in [0, 0.05) is 17.7 Å². The van der Waals surface area contributed by atoms with Gasteiger partial charge in [-0.2, -0.15) is 0 Å². The monoisotopic (exact) mass is 291 g/mol. The van der Waals surface area contributed by atoms with Gasteiger partial charge in [-0.3, -0.25) is 0 Å². The number of nitrogens with one attached hydrogen (secondary N) is 1. The predicted octanol–water partition coefficient (Wildman–Crippen LogP) is 1.99. The van der Waals surface area contributed by atoms with Crippen LogP contribution in [0, 0.1) is 5.92 Å². The molecule has 1 aliphatic rings. The van der Waals surface area contributed by atoms with Crippen molar-refractivity contribution in [1.29, 1.82) is 0 Å². The molecule has 0 radical (unpaired) electrons. The number of hydrogen-bond acceptors (Lipinski definition) is 4. The van der Waals surface area contributed by atoms with E-state index in [2.05, 4.69) is 19.2 Å². The Morgan fingerprint density at radius 2 is 2.11 bits per heavy atom. The van der Waals surface area contributed by atoms with E-state index in [1.165, 1.54) is 0 Å². The molecule has 0 bridgehead atoms. The summed E-state index contributed by atoms with van der Waals surface area (Å²) in [5.74, 6) is 1.10. The van der Waals surface area contributed by atoms with Crippen LogP contribution in [0.1, 0.15) is 46.5 Å². The van der Waals surface area contributed by atoms with E-state index in [9.17, 15) is 8.42 Å². The zero-order valence-corrected chi connectivity index (χ0v) is 13.3. The minimum Gasteiger partial charge on any atom is -0.378 e. The summed E-state index contributed by atoms with van der Waals surface area (Å²) in [6.45, 7) is 7.78. The number of rotatable bonds is 9. The molecule has 114 valence electrons. The number of hydrogen-bond donors (Lipinski definition) is 1. The highest BCUT2D eigenvalue weighted by Gasteiger charge is 2.29. The van der Waals surface area contributed by atoms with Crippen LogP contribution in [0.15, 0.2) is 0 Å². The smallest absolute Gasteiger partial charge is 0.150 e. The summed E-state index contributed by atoms with van der Waals surface area (Å²) in [6.07, 6.45) is 4.22. The van der Waals surface area contributed by atoms with Gasteiger partial charge in [0.2, 0.25) is 0 Å². The summed E-state index contributed by atoms with van der Waals surface area (Å²) in [6, 6.07) is 0.400. The van der Waals surface area contributed by atoms with Gasteiger partial charge in [-0.1, -0.05) is 13.8 Å². The molecule has 5 heteroatoms. The molecule has 1 rings (SSSR count). The molecule has 1 fully saturated rings. The second kappa shape index (κ2) is 8.22. The molecular weight excluding hydrogens is 262 g/mol. The van der Waals surface area contributed by atoms with Crippen LogP contribution in [-0.4, -0.2) is 45.2 Å². The standard InChI is InChI=1S/C14H29NO3S/c1-4-8-15-14(13-10-12(3)18-11-13)7-6-9-19(16,17)5-2/h12-15H,4-11H2,1-3H3. The molecule has 0 saturated carbocycles. The fourth-order valence-corrected chi connectivity index (χ4v) is 3.53. The molecule has 1 aliphatic heterocycles. The van der Waals surface area contributed by atoms with Crippen molar-refractivity contribution in [3.05, 3.63) is 0 Å².